The SMILES string of the molecule is CCN1CCN(N(c2ccccc2)S(=O)(=O)c2ccccc2)CC1. The third-order valence-corrected chi connectivity index (χ3v) is 6.06. The molecule has 2 aromatic carbocycles. The number of rotatable bonds is 5. The van der Waals surface area contributed by atoms with E-state index in [9.17, 15) is 8.42 Å². The summed E-state index contributed by atoms with van der Waals surface area (Å²) in [5, 5.41) is 1.93. The smallest absolute Gasteiger partial charge is 0.277 e. The number of piperazine rings is 1. The minimum Gasteiger partial charge on any atom is -0.301 e. The van der Waals surface area contributed by atoms with Crippen LogP contribution in [0.1, 0.15) is 6.92 Å². The number of para-hydroxylation sites is 1. The third-order valence-electron chi connectivity index (χ3n) is 4.30. The lowest BCUT2D eigenvalue weighted by Crippen LogP contribution is -2.55. The molecule has 1 heterocycles. The highest BCUT2D eigenvalue weighted by Gasteiger charge is 2.32. The van der Waals surface area contributed by atoms with Crippen LogP contribution in [-0.4, -0.2) is 51.1 Å². The first-order valence-corrected chi connectivity index (χ1v) is 9.69. The summed E-state index contributed by atoms with van der Waals surface area (Å²) >= 11 is 0. The van der Waals surface area contributed by atoms with Gasteiger partial charge in [-0.2, -0.15) is 12.8 Å². The highest BCUT2D eigenvalue weighted by molar-refractivity contribution is 7.92. The van der Waals surface area contributed by atoms with Gasteiger partial charge in [0, 0.05) is 26.2 Å². The topological polar surface area (TPSA) is 43.9 Å². The molecule has 0 aromatic heterocycles. The molecule has 0 aliphatic carbocycles. The van der Waals surface area contributed by atoms with Gasteiger partial charge in [0.2, 0.25) is 0 Å². The van der Waals surface area contributed by atoms with E-state index in [1.165, 1.54) is 4.41 Å². The van der Waals surface area contributed by atoms with E-state index in [2.05, 4.69) is 11.8 Å². The molecule has 5 nitrogen and oxygen atoms in total. The fourth-order valence-electron chi connectivity index (χ4n) is 2.94. The molecular formula is C18H23N3O2S. The first kappa shape index (κ1) is 17.0. The quantitative estimate of drug-likeness (QED) is 0.835. The van der Waals surface area contributed by atoms with Gasteiger partial charge in [-0.1, -0.05) is 43.3 Å². The van der Waals surface area contributed by atoms with Crippen molar-refractivity contribution in [2.45, 2.75) is 11.8 Å². The maximum atomic E-state index is 13.3. The summed E-state index contributed by atoms with van der Waals surface area (Å²) in [5.41, 5.74) is 0.673. The molecule has 0 N–H and O–H groups in total. The molecule has 0 atom stereocenters. The van der Waals surface area contributed by atoms with Crippen LogP contribution in [0, 0.1) is 0 Å². The molecule has 0 bridgehead atoms. The molecule has 0 radical (unpaired) electrons. The monoisotopic (exact) mass is 345 g/mol. The van der Waals surface area contributed by atoms with Gasteiger partial charge >= 0.3 is 0 Å². The van der Waals surface area contributed by atoms with Crippen molar-refractivity contribution in [2.24, 2.45) is 0 Å². The molecule has 6 heteroatoms. The lowest BCUT2D eigenvalue weighted by molar-refractivity contribution is 0.143. The van der Waals surface area contributed by atoms with Gasteiger partial charge in [-0.25, -0.2) is 5.01 Å². The van der Waals surface area contributed by atoms with Crippen molar-refractivity contribution < 1.29 is 8.42 Å². The molecule has 1 saturated heterocycles. The maximum Gasteiger partial charge on any atom is 0.277 e. The molecule has 1 aliphatic rings. The van der Waals surface area contributed by atoms with Crippen LogP contribution in [0.5, 0.6) is 0 Å². The number of nitrogens with zero attached hydrogens (tertiary/aromatic N) is 3. The number of likely N-dealkylation sites (N-methyl/N-ethyl adjacent to an activating group) is 1. The fourth-order valence-corrected chi connectivity index (χ4v) is 4.50. The van der Waals surface area contributed by atoms with Crippen LogP contribution in [0.3, 0.4) is 0 Å². The Morgan fingerprint density at radius 3 is 1.96 bits per heavy atom. The third kappa shape index (κ3) is 3.45. The van der Waals surface area contributed by atoms with E-state index < -0.39 is 10.0 Å². The van der Waals surface area contributed by atoms with Crippen molar-refractivity contribution in [3.05, 3.63) is 60.7 Å². The summed E-state index contributed by atoms with van der Waals surface area (Å²) in [7, 11) is -3.64. The van der Waals surface area contributed by atoms with Crippen LogP contribution >= 0.6 is 0 Å². The molecule has 0 amide bonds. The molecule has 3 rings (SSSR count). The highest BCUT2D eigenvalue weighted by Crippen LogP contribution is 2.26. The lowest BCUT2D eigenvalue weighted by Gasteiger charge is -2.41. The molecular weight excluding hydrogens is 322 g/mol. The zero-order valence-corrected chi connectivity index (χ0v) is 14.7. The second-order valence-electron chi connectivity index (χ2n) is 5.78. The van der Waals surface area contributed by atoms with Crippen molar-refractivity contribution in [2.75, 3.05) is 37.1 Å². The van der Waals surface area contributed by atoms with Crippen LogP contribution in [-0.2, 0) is 10.0 Å². The number of hydrazine groups is 1. The zero-order valence-electron chi connectivity index (χ0n) is 13.9. The Labute approximate surface area is 144 Å². The minimum absolute atomic E-state index is 0.312. The van der Waals surface area contributed by atoms with Gasteiger partial charge in [-0.3, -0.25) is 0 Å². The van der Waals surface area contributed by atoms with Gasteiger partial charge in [-0.15, -0.1) is 0 Å². The summed E-state index contributed by atoms with van der Waals surface area (Å²) in [6, 6.07) is 17.9. The molecule has 128 valence electrons. The zero-order chi connectivity index (χ0) is 17.0. The fraction of sp³-hybridized carbons (Fsp3) is 0.333. The summed E-state index contributed by atoms with van der Waals surface area (Å²) in [5.74, 6) is 0. The Balaban J connectivity index is 1.98. The Bertz CT molecular complexity index is 742. The number of benzene rings is 2. The first-order valence-electron chi connectivity index (χ1n) is 8.25. The van der Waals surface area contributed by atoms with Gasteiger partial charge < -0.3 is 4.90 Å². The predicted octanol–water partition coefficient (Wildman–Crippen LogP) is 2.43. The van der Waals surface area contributed by atoms with Crippen LogP contribution in [0.15, 0.2) is 65.6 Å². The van der Waals surface area contributed by atoms with Crippen LogP contribution in [0.4, 0.5) is 5.69 Å². The number of hydrogen-bond donors (Lipinski definition) is 0. The summed E-state index contributed by atoms with van der Waals surface area (Å²) in [6.07, 6.45) is 0. The van der Waals surface area contributed by atoms with Crippen molar-refractivity contribution in [3.8, 4) is 0 Å². The van der Waals surface area contributed by atoms with E-state index in [-0.39, 0.29) is 0 Å². The number of sulfonamides is 1. The van der Waals surface area contributed by atoms with E-state index in [1.54, 1.807) is 24.3 Å². The molecule has 24 heavy (non-hydrogen) atoms. The molecule has 1 aliphatic heterocycles. The summed E-state index contributed by atoms with van der Waals surface area (Å²) in [6.45, 7) is 6.23. The van der Waals surface area contributed by atoms with E-state index >= 15 is 0 Å². The average Bonchev–Trinajstić information content (AvgIpc) is 2.64. The Hall–Kier alpha value is -1.89. The lowest BCUT2D eigenvalue weighted by atomic mass is 10.3. The van der Waals surface area contributed by atoms with Crippen molar-refractivity contribution in [1.29, 1.82) is 0 Å². The van der Waals surface area contributed by atoms with E-state index in [0.717, 1.165) is 19.6 Å². The van der Waals surface area contributed by atoms with Crippen LogP contribution in [0.25, 0.3) is 0 Å². The minimum atomic E-state index is -3.64. The van der Waals surface area contributed by atoms with Gasteiger partial charge in [0.15, 0.2) is 0 Å². The molecule has 2 aromatic rings. The van der Waals surface area contributed by atoms with E-state index in [4.69, 9.17) is 0 Å². The largest absolute Gasteiger partial charge is 0.301 e. The van der Waals surface area contributed by atoms with Crippen LogP contribution < -0.4 is 4.41 Å². The maximum absolute atomic E-state index is 13.3. The summed E-state index contributed by atoms with van der Waals surface area (Å²) in [4.78, 5) is 2.64. The second-order valence-corrected chi connectivity index (χ2v) is 7.55. The standard InChI is InChI=1S/C18H23N3O2S/c1-2-19-13-15-20(16-14-19)21(17-9-5-3-6-10-17)24(22,23)18-11-7-4-8-12-18/h3-12H,2,13-16H2,1H3. The van der Waals surface area contributed by atoms with Gasteiger partial charge in [0.1, 0.15) is 0 Å². The Morgan fingerprint density at radius 1 is 0.875 bits per heavy atom. The van der Waals surface area contributed by atoms with Crippen molar-refractivity contribution in [3.63, 3.8) is 0 Å². The van der Waals surface area contributed by atoms with Gasteiger partial charge in [0.05, 0.1) is 10.6 Å². The second kappa shape index (κ2) is 7.34. The normalized spacial score (nSPS) is 16.9. The average molecular weight is 345 g/mol. The molecule has 0 unspecified atom stereocenters. The van der Waals surface area contributed by atoms with Gasteiger partial charge in [0.25, 0.3) is 10.0 Å². The molecule has 0 saturated carbocycles. The van der Waals surface area contributed by atoms with E-state index in [0.29, 0.717) is 23.7 Å². The van der Waals surface area contributed by atoms with E-state index in [1.807, 2.05) is 41.4 Å². The Kier molecular flexibility index (Phi) is 5.18. The number of anilines is 1. The summed E-state index contributed by atoms with van der Waals surface area (Å²) < 4.78 is 28.0. The first-order chi connectivity index (χ1) is 11.6. The Morgan fingerprint density at radius 2 is 1.42 bits per heavy atom. The molecule has 1 fully saturated rings. The number of hydrogen-bond acceptors (Lipinski definition) is 4. The molecule has 0 spiro atoms. The van der Waals surface area contributed by atoms with Crippen molar-refractivity contribution in [1.82, 2.24) is 9.91 Å². The highest BCUT2D eigenvalue weighted by atomic mass is 32.2. The van der Waals surface area contributed by atoms with Crippen LogP contribution in [0.2, 0.25) is 0 Å². The van der Waals surface area contributed by atoms with Crippen molar-refractivity contribution >= 4 is 15.7 Å². The van der Waals surface area contributed by atoms with Gasteiger partial charge in [-0.05, 0) is 30.8 Å². The predicted molar refractivity (Wildman–Crippen MR) is 96.2 cm³/mol.